The van der Waals surface area contributed by atoms with Crippen LogP contribution in [0.15, 0.2) is 36.4 Å². The van der Waals surface area contributed by atoms with Gasteiger partial charge in [-0.2, -0.15) is 0 Å². The number of aromatic nitrogens is 1. The fraction of sp³-hybridized carbons (Fsp3) is 0.389. The van der Waals surface area contributed by atoms with E-state index < -0.39 is 0 Å². The monoisotopic (exact) mass is 329 g/mol. The summed E-state index contributed by atoms with van der Waals surface area (Å²) in [5.74, 6) is 0.00654. The number of rotatable bonds is 3. The summed E-state index contributed by atoms with van der Waals surface area (Å²) in [6, 6.07) is 12.8. The van der Waals surface area contributed by atoms with Gasteiger partial charge in [0, 0.05) is 35.9 Å². The molecule has 120 valence electrons. The zero-order chi connectivity index (χ0) is 16.0. The molecule has 5 heteroatoms. The number of amides is 1. The molecule has 23 heavy (non-hydrogen) atoms. The molecule has 2 aromatic rings. The Morgan fingerprint density at radius 2 is 2.00 bits per heavy atom. The van der Waals surface area contributed by atoms with Crippen LogP contribution >= 0.6 is 11.6 Å². The first-order chi connectivity index (χ1) is 11.1. The van der Waals surface area contributed by atoms with Gasteiger partial charge in [0.15, 0.2) is 0 Å². The van der Waals surface area contributed by atoms with Gasteiger partial charge in [-0.3, -0.25) is 4.79 Å². The molecule has 4 nitrogen and oxygen atoms in total. The van der Waals surface area contributed by atoms with Crippen molar-refractivity contribution in [2.75, 3.05) is 0 Å². The zero-order valence-corrected chi connectivity index (χ0v) is 13.8. The molecular weight excluding hydrogens is 310 g/mol. The topological polar surface area (TPSA) is 46.1 Å². The predicted octanol–water partition coefficient (Wildman–Crippen LogP) is 2.97. The number of hydrogen-bond acceptors (Lipinski definition) is 2. The molecule has 3 heterocycles. The van der Waals surface area contributed by atoms with Crippen molar-refractivity contribution in [2.45, 2.75) is 37.4 Å². The summed E-state index contributed by atoms with van der Waals surface area (Å²) in [4.78, 5) is 12.6. The quantitative estimate of drug-likeness (QED) is 0.909. The molecule has 4 rings (SSSR count). The largest absolute Gasteiger partial charge is 0.346 e. The summed E-state index contributed by atoms with van der Waals surface area (Å²) >= 11 is 5.94. The van der Waals surface area contributed by atoms with Gasteiger partial charge in [-0.25, -0.2) is 0 Å². The van der Waals surface area contributed by atoms with E-state index in [1.807, 2.05) is 48.0 Å². The Morgan fingerprint density at radius 1 is 1.22 bits per heavy atom. The van der Waals surface area contributed by atoms with E-state index in [1.165, 1.54) is 12.8 Å². The predicted molar refractivity (Wildman–Crippen MR) is 91.7 cm³/mol. The van der Waals surface area contributed by atoms with Crippen LogP contribution in [0, 0.1) is 0 Å². The minimum Gasteiger partial charge on any atom is -0.346 e. The maximum absolute atomic E-state index is 12.6. The lowest BCUT2D eigenvalue weighted by atomic mass is 9.95. The van der Waals surface area contributed by atoms with E-state index >= 15 is 0 Å². The van der Waals surface area contributed by atoms with Crippen molar-refractivity contribution in [1.82, 2.24) is 15.2 Å². The van der Waals surface area contributed by atoms with Gasteiger partial charge in [-0.1, -0.05) is 23.7 Å². The van der Waals surface area contributed by atoms with Crippen LogP contribution in [0.1, 0.15) is 29.8 Å². The second-order valence-electron chi connectivity index (χ2n) is 6.53. The van der Waals surface area contributed by atoms with E-state index in [4.69, 9.17) is 11.6 Å². The Bertz CT molecular complexity index is 737. The standard InChI is InChI=1S/C18H20ClN3O/c1-22-16(11-2-4-12(19)5-3-11)8-9-17(22)18(23)21-15-10-13-6-7-14(15)20-13/h2-5,8-9,13-15,20H,6-7,10H2,1H3,(H,21,23)/t13-,14+,15-/m1/s1. The molecule has 1 aromatic heterocycles. The Hall–Kier alpha value is -1.78. The number of carbonyl (C=O) groups is 1. The lowest BCUT2D eigenvalue weighted by Crippen LogP contribution is -2.43. The normalized spacial score (nSPS) is 25.7. The molecule has 0 unspecified atom stereocenters. The molecule has 0 aliphatic carbocycles. The van der Waals surface area contributed by atoms with Crippen molar-refractivity contribution in [3.63, 3.8) is 0 Å². The van der Waals surface area contributed by atoms with Crippen LogP contribution in [-0.2, 0) is 7.05 Å². The molecule has 3 atom stereocenters. The maximum atomic E-state index is 12.6. The maximum Gasteiger partial charge on any atom is 0.268 e. The number of benzene rings is 1. The minimum absolute atomic E-state index is 0.00654. The van der Waals surface area contributed by atoms with Crippen LogP contribution < -0.4 is 10.6 Å². The van der Waals surface area contributed by atoms with E-state index in [0.29, 0.717) is 22.8 Å². The first kappa shape index (κ1) is 14.8. The third-order valence-electron chi connectivity index (χ3n) is 5.11. The van der Waals surface area contributed by atoms with Gasteiger partial charge in [0.05, 0.1) is 0 Å². The number of hydrogen-bond donors (Lipinski definition) is 2. The molecule has 2 aliphatic rings. The van der Waals surface area contributed by atoms with Gasteiger partial charge in [0.2, 0.25) is 0 Å². The summed E-state index contributed by atoms with van der Waals surface area (Å²) in [7, 11) is 1.93. The highest BCUT2D eigenvalue weighted by molar-refractivity contribution is 6.30. The summed E-state index contributed by atoms with van der Waals surface area (Å²) in [6.45, 7) is 0. The molecule has 0 radical (unpaired) electrons. The molecule has 1 amide bonds. The van der Waals surface area contributed by atoms with E-state index in [2.05, 4.69) is 10.6 Å². The zero-order valence-electron chi connectivity index (χ0n) is 13.1. The highest BCUT2D eigenvalue weighted by Crippen LogP contribution is 2.29. The van der Waals surface area contributed by atoms with Gasteiger partial charge in [0.1, 0.15) is 5.69 Å². The summed E-state index contributed by atoms with van der Waals surface area (Å²) in [5, 5.41) is 7.46. The van der Waals surface area contributed by atoms with Crippen LogP contribution in [-0.4, -0.2) is 28.6 Å². The highest BCUT2D eigenvalue weighted by atomic mass is 35.5. The van der Waals surface area contributed by atoms with Gasteiger partial charge in [-0.15, -0.1) is 0 Å². The third kappa shape index (κ3) is 2.66. The third-order valence-corrected chi connectivity index (χ3v) is 5.36. The van der Waals surface area contributed by atoms with Gasteiger partial charge >= 0.3 is 0 Å². The van der Waals surface area contributed by atoms with Crippen molar-refractivity contribution in [3.8, 4) is 11.3 Å². The molecule has 2 bridgehead atoms. The van der Waals surface area contributed by atoms with Crippen LogP contribution in [0.2, 0.25) is 5.02 Å². The first-order valence-corrected chi connectivity index (χ1v) is 8.48. The second kappa shape index (κ2) is 5.69. The van der Waals surface area contributed by atoms with Gasteiger partial charge < -0.3 is 15.2 Å². The Labute approximate surface area is 140 Å². The van der Waals surface area contributed by atoms with Crippen molar-refractivity contribution < 1.29 is 4.79 Å². The van der Waals surface area contributed by atoms with Crippen LogP contribution in [0.5, 0.6) is 0 Å². The molecular formula is C18H20ClN3O. The summed E-state index contributed by atoms with van der Waals surface area (Å²) in [6.07, 6.45) is 3.45. The summed E-state index contributed by atoms with van der Waals surface area (Å²) in [5.41, 5.74) is 2.76. The number of fused-ring (bicyclic) bond motifs is 2. The Balaban J connectivity index is 1.53. The number of halogens is 1. The molecule has 0 saturated carbocycles. The molecule has 2 saturated heterocycles. The van der Waals surface area contributed by atoms with Crippen molar-refractivity contribution in [1.29, 1.82) is 0 Å². The second-order valence-corrected chi connectivity index (χ2v) is 6.97. The van der Waals surface area contributed by atoms with E-state index in [-0.39, 0.29) is 11.9 Å². The van der Waals surface area contributed by atoms with Gasteiger partial charge in [0.25, 0.3) is 5.91 Å². The Morgan fingerprint density at radius 3 is 2.65 bits per heavy atom. The van der Waals surface area contributed by atoms with Crippen molar-refractivity contribution >= 4 is 17.5 Å². The van der Waals surface area contributed by atoms with E-state index in [1.54, 1.807) is 0 Å². The SMILES string of the molecule is Cn1c(C(=O)N[C@@H]2C[C@H]3CC[C@@H]2N3)ccc1-c1ccc(Cl)cc1. The van der Waals surface area contributed by atoms with Crippen LogP contribution in [0.25, 0.3) is 11.3 Å². The number of carbonyl (C=O) groups excluding carboxylic acids is 1. The average molecular weight is 330 g/mol. The van der Waals surface area contributed by atoms with E-state index in [9.17, 15) is 4.79 Å². The molecule has 0 spiro atoms. The van der Waals surface area contributed by atoms with Crippen LogP contribution in [0.3, 0.4) is 0 Å². The molecule has 2 fully saturated rings. The van der Waals surface area contributed by atoms with E-state index in [0.717, 1.165) is 17.7 Å². The number of nitrogens with zero attached hydrogens (tertiary/aromatic N) is 1. The minimum atomic E-state index is 0.00654. The first-order valence-electron chi connectivity index (χ1n) is 8.10. The van der Waals surface area contributed by atoms with Crippen LogP contribution in [0.4, 0.5) is 0 Å². The molecule has 2 aliphatic heterocycles. The fourth-order valence-electron chi connectivity index (χ4n) is 3.88. The molecule has 1 aromatic carbocycles. The number of nitrogens with one attached hydrogen (secondary N) is 2. The van der Waals surface area contributed by atoms with Gasteiger partial charge in [-0.05, 0) is 49.1 Å². The average Bonchev–Trinajstić information content (AvgIpc) is 3.23. The van der Waals surface area contributed by atoms with Crippen molar-refractivity contribution in [2.24, 2.45) is 7.05 Å². The fourth-order valence-corrected chi connectivity index (χ4v) is 4.00. The van der Waals surface area contributed by atoms with Crippen molar-refractivity contribution in [3.05, 3.63) is 47.1 Å². The Kier molecular flexibility index (Phi) is 3.66. The highest BCUT2D eigenvalue weighted by Gasteiger charge is 2.39. The smallest absolute Gasteiger partial charge is 0.268 e. The lowest BCUT2D eigenvalue weighted by molar-refractivity contribution is 0.0923. The summed E-state index contributed by atoms with van der Waals surface area (Å²) < 4.78 is 1.94. The lowest BCUT2D eigenvalue weighted by Gasteiger charge is -2.21. The molecule has 2 N–H and O–H groups in total.